The molecule has 4 nitrogen and oxygen atoms in total. The summed E-state index contributed by atoms with van der Waals surface area (Å²) in [5.41, 5.74) is 1.06. The summed E-state index contributed by atoms with van der Waals surface area (Å²) in [5, 5.41) is 12.3. The second-order valence-corrected chi connectivity index (χ2v) is 5.09. The number of nitrogens with zero attached hydrogens (tertiary/aromatic N) is 2. The third-order valence-electron chi connectivity index (χ3n) is 2.33. The fourth-order valence-corrected chi connectivity index (χ4v) is 2.65. The van der Waals surface area contributed by atoms with E-state index in [1.54, 1.807) is 6.92 Å². The van der Waals surface area contributed by atoms with Gasteiger partial charge in [0.15, 0.2) is 0 Å². The Labute approximate surface area is 115 Å². The van der Waals surface area contributed by atoms with Crippen LogP contribution in [0.25, 0.3) is 0 Å². The first-order valence-corrected chi connectivity index (χ1v) is 6.86. The molecule has 0 aliphatic carbocycles. The lowest BCUT2D eigenvalue weighted by atomic mass is 10.2. The summed E-state index contributed by atoms with van der Waals surface area (Å²) in [5.74, 6) is 0.563. The molecule has 1 aromatic heterocycles. The molecule has 18 heavy (non-hydrogen) atoms. The smallest absolute Gasteiger partial charge is 0.281 e. The molecule has 6 heteroatoms. The minimum Gasteiger partial charge on any atom is -0.416 e. The van der Waals surface area contributed by atoms with Gasteiger partial charge in [-0.15, -0.1) is 10.2 Å². The van der Waals surface area contributed by atoms with Gasteiger partial charge < -0.3 is 9.73 Å². The van der Waals surface area contributed by atoms with Crippen molar-refractivity contribution in [2.45, 2.75) is 30.5 Å². The number of hydrogen-bond acceptors (Lipinski definition) is 5. The van der Waals surface area contributed by atoms with E-state index in [4.69, 9.17) is 16.0 Å². The summed E-state index contributed by atoms with van der Waals surface area (Å²) < 4.78 is 5.36. The maximum Gasteiger partial charge on any atom is 0.281 e. The van der Waals surface area contributed by atoms with Gasteiger partial charge in [-0.1, -0.05) is 24.6 Å². The maximum absolute atomic E-state index is 6.22. The van der Waals surface area contributed by atoms with Crippen LogP contribution in [-0.4, -0.2) is 16.7 Å². The average Bonchev–Trinajstić information content (AvgIpc) is 2.74. The summed E-state index contributed by atoms with van der Waals surface area (Å²) in [6.07, 6.45) is 0. The summed E-state index contributed by atoms with van der Waals surface area (Å²) >= 11 is 7.65. The van der Waals surface area contributed by atoms with Crippen molar-refractivity contribution in [3.05, 3.63) is 34.7 Å². The minimum atomic E-state index is 0.535. The molecule has 0 aliphatic heterocycles. The molecule has 2 rings (SSSR count). The highest BCUT2D eigenvalue weighted by atomic mass is 35.5. The van der Waals surface area contributed by atoms with Crippen molar-refractivity contribution in [3.63, 3.8) is 0 Å². The van der Waals surface area contributed by atoms with Gasteiger partial charge in [0.25, 0.3) is 5.22 Å². The van der Waals surface area contributed by atoms with Crippen molar-refractivity contribution in [1.82, 2.24) is 15.5 Å². The molecular weight excluding hydrogens is 270 g/mol. The Hall–Kier alpha value is -1.04. The van der Waals surface area contributed by atoms with Gasteiger partial charge in [-0.05, 0) is 36.0 Å². The molecule has 0 fully saturated rings. The first kappa shape index (κ1) is 13.4. The van der Waals surface area contributed by atoms with Gasteiger partial charge in [0.05, 0.1) is 0 Å². The number of hydrogen-bond donors (Lipinski definition) is 1. The molecule has 0 spiro atoms. The Bertz CT molecular complexity index is 530. The molecule has 1 N–H and O–H groups in total. The molecule has 0 amide bonds. The third kappa shape index (κ3) is 3.25. The number of benzene rings is 1. The van der Waals surface area contributed by atoms with Crippen molar-refractivity contribution >= 4 is 23.4 Å². The van der Waals surface area contributed by atoms with Crippen LogP contribution < -0.4 is 5.32 Å². The van der Waals surface area contributed by atoms with Gasteiger partial charge in [0.1, 0.15) is 0 Å². The van der Waals surface area contributed by atoms with E-state index < -0.39 is 0 Å². The number of nitrogens with one attached hydrogen (secondary N) is 1. The van der Waals surface area contributed by atoms with Crippen molar-refractivity contribution in [1.29, 1.82) is 0 Å². The van der Waals surface area contributed by atoms with Crippen LogP contribution in [-0.2, 0) is 6.54 Å². The van der Waals surface area contributed by atoms with E-state index in [0.29, 0.717) is 11.1 Å². The van der Waals surface area contributed by atoms with Crippen LogP contribution in [0.4, 0.5) is 0 Å². The van der Waals surface area contributed by atoms with Gasteiger partial charge in [-0.2, -0.15) is 0 Å². The van der Waals surface area contributed by atoms with E-state index in [2.05, 4.69) is 22.4 Å². The number of aryl methyl sites for hydroxylation is 1. The summed E-state index contributed by atoms with van der Waals surface area (Å²) in [4.78, 5) is 1.03. The van der Waals surface area contributed by atoms with Crippen LogP contribution in [0, 0.1) is 6.92 Å². The summed E-state index contributed by atoms with van der Waals surface area (Å²) in [7, 11) is 0. The highest BCUT2D eigenvalue weighted by Crippen LogP contribution is 2.32. The second kappa shape index (κ2) is 6.22. The Balaban J connectivity index is 2.23. The molecule has 0 atom stereocenters. The first-order chi connectivity index (χ1) is 8.70. The molecule has 2 aromatic rings. The quantitative estimate of drug-likeness (QED) is 0.912. The zero-order chi connectivity index (χ0) is 13.0. The topological polar surface area (TPSA) is 51.0 Å². The molecule has 0 saturated carbocycles. The molecule has 96 valence electrons. The Morgan fingerprint density at radius 2 is 2.22 bits per heavy atom. The summed E-state index contributed by atoms with van der Waals surface area (Å²) in [6, 6.07) is 5.81. The van der Waals surface area contributed by atoms with Gasteiger partial charge in [0.2, 0.25) is 5.89 Å². The van der Waals surface area contributed by atoms with Crippen LogP contribution in [0.5, 0.6) is 0 Å². The zero-order valence-electron chi connectivity index (χ0n) is 10.2. The van der Waals surface area contributed by atoms with Gasteiger partial charge >= 0.3 is 0 Å². The zero-order valence-corrected chi connectivity index (χ0v) is 11.8. The molecule has 0 saturated heterocycles. The number of rotatable bonds is 5. The average molecular weight is 284 g/mol. The minimum absolute atomic E-state index is 0.535. The molecular formula is C12H14ClN3OS. The lowest BCUT2D eigenvalue weighted by Crippen LogP contribution is -2.12. The van der Waals surface area contributed by atoms with Gasteiger partial charge in [-0.3, -0.25) is 0 Å². The lowest BCUT2D eigenvalue weighted by Gasteiger charge is -2.09. The maximum atomic E-state index is 6.22. The van der Waals surface area contributed by atoms with Crippen molar-refractivity contribution in [3.8, 4) is 0 Å². The van der Waals surface area contributed by atoms with Crippen molar-refractivity contribution in [2.75, 3.05) is 6.54 Å². The molecule has 0 aliphatic rings. The van der Waals surface area contributed by atoms with Crippen molar-refractivity contribution < 1.29 is 4.42 Å². The van der Waals surface area contributed by atoms with Crippen LogP contribution in [0.3, 0.4) is 0 Å². The van der Waals surface area contributed by atoms with E-state index >= 15 is 0 Å². The number of aromatic nitrogens is 2. The molecule has 1 heterocycles. The molecule has 0 radical (unpaired) electrons. The van der Waals surface area contributed by atoms with E-state index in [-0.39, 0.29) is 0 Å². The van der Waals surface area contributed by atoms with E-state index in [1.165, 1.54) is 11.8 Å². The molecule has 0 bridgehead atoms. The molecule has 0 unspecified atom stereocenters. The van der Waals surface area contributed by atoms with Crippen molar-refractivity contribution in [2.24, 2.45) is 0 Å². The van der Waals surface area contributed by atoms with E-state index in [0.717, 1.165) is 28.6 Å². The Kier molecular flexibility index (Phi) is 4.63. The SMILES string of the molecule is CCNCc1c(Cl)cccc1Sc1nnc(C)o1. The van der Waals surface area contributed by atoms with Crippen LogP contribution >= 0.6 is 23.4 Å². The van der Waals surface area contributed by atoms with Gasteiger partial charge in [0, 0.05) is 23.4 Å². The van der Waals surface area contributed by atoms with Crippen LogP contribution in [0.2, 0.25) is 5.02 Å². The summed E-state index contributed by atoms with van der Waals surface area (Å²) in [6.45, 7) is 5.46. The second-order valence-electron chi connectivity index (χ2n) is 3.69. The normalized spacial score (nSPS) is 10.8. The highest BCUT2D eigenvalue weighted by molar-refractivity contribution is 7.99. The van der Waals surface area contributed by atoms with E-state index in [9.17, 15) is 0 Å². The highest BCUT2D eigenvalue weighted by Gasteiger charge is 2.11. The monoisotopic (exact) mass is 283 g/mol. The van der Waals surface area contributed by atoms with Gasteiger partial charge in [-0.25, -0.2) is 0 Å². The van der Waals surface area contributed by atoms with Crippen LogP contribution in [0.1, 0.15) is 18.4 Å². The predicted molar refractivity (Wildman–Crippen MR) is 72.0 cm³/mol. The fraction of sp³-hybridized carbons (Fsp3) is 0.333. The Morgan fingerprint density at radius 3 is 2.89 bits per heavy atom. The Morgan fingerprint density at radius 1 is 1.39 bits per heavy atom. The predicted octanol–water partition coefficient (Wildman–Crippen LogP) is 3.29. The lowest BCUT2D eigenvalue weighted by molar-refractivity contribution is 0.429. The fourth-order valence-electron chi connectivity index (χ4n) is 1.47. The first-order valence-electron chi connectivity index (χ1n) is 5.66. The standard InChI is InChI=1S/C12H14ClN3OS/c1-3-14-7-9-10(13)5-4-6-11(9)18-12-16-15-8(2)17-12/h4-6,14H,3,7H2,1-2H3. The largest absolute Gasteiger partial charge is 0.416 e. The van der Waals surface area contributed by atoms with E-state index in [1.807, 2.05) is 18.2 Å². The molecule has 1 aromatic carbocycles. The third-order valence-corrected chi connectivity index (χ3v) is 3.63. The number of halogens is 1. The van der Waals surface area contributed by atoms with Crippen LogP contribution in [0.15, 0.2) is 32.7 Å².